The fourth-order valence-corrected chi connectivity index (χ4v) is 3.47. The minimum absolute atomic E-state index is 0.000596. The van der Waals surface area contributed by atoms with Crippen LogP contribution >= 0.6 is 0 Å². The van der Waals surface area contributed by atoms with E-state index in [2.05, 4.69) is 32.0 Å². The second-order valence-electron chi connectivity index (χ2n) is 7.12. The number of rotatable bonds is 5. The number of amides is 1. The molecule has 1 fully saturated rings. The number of hydrogen-bond acceptors (Lipinski definition) is 3. The van der Waals surface area contributed by atoms with Gasteiger partial charge in [-0.15, -0.1) is 0 Å². The van der Waals surface area contributed by atoms with Crippen LogP contribution in [0.5, 0.6) is 0 Å². The van der Waals surface area contributed by atoms with Gasteiger partial charge in [-0.3, -0.25) is 4.79 Å². The number of aldehydes is 1. The van der Waals surface area contributed by atoms with Crippen LogP contribution in [-0.2, 0) is 4.79 Å². The maximum absolute atomic E-state index is 12.5. The monoisotopic (exact) mass is 336 g/mol. The van der Waals surface area contributed by atoms with Crippen molar-refractivity contribution in [1.82, 2.24) is 4.90 Å². The molecule has 2 N–H and O–H groups in total. The Hall–Kier alpha value is -2.46. The number of likely N-dealkylation sites (tertiary alicyclic amines) is 1. The highest BCUT2D eigenvalue weighted by molar-refractivity contribution is 5.95. The van der Waals surface area contributed by atoms with Crippen LogP contribution in [-0.4, -0.2) is 35.7 Å². The van der Waals surface area contributed by atoms with Gasteiger partial charge in [-0.05, 0) is 49.1 Å². The molecular formula is C21H24N2O2. The molecule has 25 heavy (non-hydrogen) atoms. The SMILES string of the molecule is Cc1ccc(-c2ccc(C(=O)N3CC(N)(CCC=O)C3)cc2)c(C)c1. The van der Waals surface area contributed by atoms with Gasteiger partial charge in [-0.1, -0.05) is 35.9 Å². The van der Waals surface area contributed by atoms with E-state index in [4.69, 9.17) is 5.73 Å². The third-order valence-corrected chi connectivity index (χ3v) is 4.88. The standard InChI is InChI=1S/C21H24N2O2/c1-15-4-9-19(16(2)12-15)17-5-7-18(8-6-17)20(25)23-13-21(22,14-23)10-3-11-24/h4-9,11-12H,3,10,13-14,22H2,1-2H3. The Kier molecular flexibility index (Phi) is 4.73. The smallest absolute Gasteiger partial charge is 0.253 e. The van der Waals surface area contributed by atoms with E-state index in [9.17, 15) is 9.59 Å². The Balaban J connectivity index is 1.69. The molecule has 0 saturated carbocycles. The van der Waals surface area contributed by atoms with E-state index in [1.54, 1.807) is 4.90 Å². The summed E-state index contributed by atoms with van der Waals surface area (Å²) < 4.78 is 0. The van der Waals surface area contributed by atoms with Crippen molar-refractivity contribution in [2.45, 2.75) is 32.2 Å². The van der Waals surface area contributed by atoms with Crippen molar-refractivity contribution in [2.75, 3.05) is 13.1 Å². The van der Waals surface area contributed by atoms with Gasteiger partial charge >= 0.3 is 0 Å². The van der Waals surface area contributed by atoms with Crippen molar-refractivity contribution in [3.05, 3.63) is 59.2 Å². The molecule has 4 nitrogen and oxygen atoms in total. The first kappa shape index (κ1) is 17.4. The first-order valence-corrected chi connectivity index (χ1v) is 8.61. The zero-order chi connectivity index (χ0) is 18.0. The van der Waals surface area contributed by atoms with Crippen LogP contribution in [0.4, 0.5) is 0 Å². The average Bonchev–Trinajstić information content (AvgIpc) is 2.57. The predicted molar refractivity (Wildman–Crippen MR) is 99.5 cm³/mol. The zero-order valence-corrected chi connectivity index (χ0v) is 14.8. The van der Waals surface area contributed by atoms with Crippen LogP contribution in [0.25, 0.3) is 11.1 Å². The lowest BCUT2D eigenvalue weighted by molar-refractivity contribution is -0.108. The van der Waals surface area contributed by atoms with Crippen molar-refractivity contribution >= 4 is 12.2 Å². The number of aryl methyl sites for hydroxylation is 2. The molecule has 0 spiro atoms. The zero-order valence-electron chi connectivity index (χ0n) is 14.8. The average molecular weight is 336 g/mol. The van der Waals surface area contributed by atoms with Gasteiger partial charge in [0.1, 0.15) is 6.29 Å². The van der Waals surface area contributed by atoms with Crippen LogP contribution < -0.4 is 5.73 Å². The molecule has 0 bridgehead atoms. The molecule has 1 amide bonds. The number of hydrogen-bond donors (Lipinski definition) is 1. The van der Waals surface area contributed by atoms with Crippen molar-refractivity contribution < 1.29 is 9.59 Å². The molecule has 2 aromatic rings. The number of carbonyl (C=O) groups excluding carboxylic acids is 2. The molecule has 0 aliphatic carbocycles. The van der Waals surface area contributed by atoms with Crippen molar-refractivity contribution in [2.24, 2.45) is 5.73 Å². The molecule has 1 aliphatic rings. The van der Waals surface area contributed by atoms with Crippen molar-refractivity contribution in [3.63, 3.8) is 0 Å². The van der Waals surface area contributed by atoms with E-state index in [0.717, 1.165) is 11.8 Å². The minimum atomic E-state index is -0.407. The lowest BCUT2D eigenvalue weighted by Crippen LogP contribution is -2.68. The molecule has 2 aromatic carbocycles. The molecule has 0 unspecified atom stereocenters. The maximum atomic E-state index is 12.5. The number of benzene rings is 2. The highest BCUT2D eigenvalue weighted by atomic mass is 16.2. The third kappa shape index (κ3) is 3.64. The largest absolute Gasteiger partial charge is 0.335 e. The molecule has 0 atom stereocenters. The van der Waals surface area contributed by atoms with E-state index in [1.165, 1.54) is 16.7 Å². The number of nitrogens with zero attached hydrogens (tertiary/aromatic N) is 1. The Labute approximate surface area is 148 Å². The van der Waals surface area contributed by atoms with Crippen LogP contribution in [0, 0.1) is 13.8 Å². The molecule has 130 valence electrons. The van der Waals surface area contributed by atoms with Crippen LogP contribution in [0.2, 0.25) is 0 Å². The molecule has 1 saturated heterocycles. The van der Waals surface area contributed by atoms with Gasteiger partial charge in [0.25, 0.3) is 5.91 Å². The topological polar surface area (TPSA) is 63.4 Å². The third-order valence-electron chi connectivity index (χ3n) is 4.88. The highest BCUT2D eigenvalue weighted by Crippen LogP contribution is 2.27. The summed E-state index contributed by atoms with van der Waals surface area (Å²) >= 11 is 0. The molecule has 3 rings (SSSR count). The second kappa shape index (κ2) is 6.81. The quantitative estimate of drug-likeness (QED) is 0.853. The highest BCUT2D eigenvalue weighted by Gasteiger charge is 2.41. The minimum Gasteiger partial charge on any atom is -0.335 e. The predicted octanol–water partition coefficient (Wildman–Crippen LogP) is 3.10. The van der Waals surface area contributed by atoms with Gasteiger partial charge in [0.15, 0.2) is 0 Å². The van der Waals surface area contributed by atoms with Gasteiger partial charge in [0, 0.05) is 25.1 Å². The fourth-order valence-electron chi connectivity index (χ4n) is 3.47. The Morgan fingerprint density at radius 3 is 2.44 bits per heavy atom. The summed E-state index contributed by atoms with van der Waals surface area (Å²) in [6, 6.07) is 14.1. The van der Waals surface area contributed by atoms with E-state index in [1.807, 2.05) is 24.3 Å². The number of carbonyl (C=O) groups is 2. The first-order valence-electron chi connectivity index (χ1n) is 8.61. The Morgan fingerprint density at radius 2 is 1.84 bits per heavy atom. The van der Waals surface area contributed by atoms with Gasteiger partial charge < -0.3 is 15.4 Å². The first-order chi connectivity index (χ1) is 11.9. The van der Waals surface area contributed by atoms with Crippen LogP contribution in [0.15, 0.2) is 42.5 Å². The van der Waals surface area contributed by atoms with Gasteiger partial charge in [-0.25, -0.2) is 0 Å². The van der Waals surface area contributed by atoms with E-state index in [0.29, 0.717) is 31.5 Å². The Bertz CT molecular complexity index is 790. The second-order valence-corrected chi connectivity index (χ2v) is 7.12. The number of nitrogens with two attached hydrogens (primary N) is 1. The lowest BCUT2D eigenvalue weighted by atomic mass is 9.86. The van der Waals surface area contributed by atoms with Gasteiger partial charge in [0.2, 0.25) is 0 Å². The van der Waals surface area contributed by atoms with E-state index >= 15 is 0 Å². The van der Waals surface area contributed by atoms with Gasteiger partial charge in [0.05, 0.1) is 5.54 Å². The summed E-state index contributed by atoms with van der Waals surface area (Å²) in [5.74, 6) is -0.000596. The molecule has 0 radical (unpaired) electrons. The summed E-state index contributed by atoms with van der Waals surface area (Å²) in [7, 11) is 0. The van der Waals surface area contributed by atoms with Crippen LogP contribution in [0.1, 0.15) is 34.3 Å². The lowest BCUT2D eigenvalue weighted by Gasteiger charge is -2.47. The molecule has 4 heteroatoms. The molecule has 1 heterocycles. The van der Waals surface area contributed by atoms with Crippen molar-refractivity contribution in [1.29, 1.82) is 0 Å². The molecular weight excluding hydrogens is 312 g/mol. The Morgan fingerprint density at radius 1 is 1.16 bits per heavy atom. The normalized spacial score (nSPS) is 15.6. The molecule has 1 aliphatic heterocycles. The summed E-state index contributed by atoms with van der Waals surface area (Å²) in [6.45, 7) is 5.21. The van der Waals surface area contributed by atoms with Crippen molar-refractivity contribution in [3.8, 4) is 11.1 Å². The summed E-state index contributed by atoms with van der Waals surface area (Å²) in [4.78, 5) is 24.8. The maximum Gasteiger partial charge on any atom is 0.253 e. The van der Waals surface area contributed by atoms with Gasteiger partial charge in [-0.2, -0.15) is 0 Å². The van der Waals surface area contributed by atoms with Crippen LogP contribution in [0.3, 0.4) is 0 Å². The van der Waals surface area contributed by atoms with E-state index < -0.39 is 5.54 Å². The summed E-state index contributed by atoms with van der Waals surface area (Å²) in [5.41, 5.74) is 11.2. The summed E-state index contributed by atoms with van der Waals surface area (Å²) in [5, 5.41) is 0. The molecule has 0 aromatic heterocycles. The summed E-state index contributed by atoms with van der Waals surface area (Å²) in [6.07, 6.45) is 1.96. The fraction of sp³-hybridized carbons (Fsp3) is 0.333. The van der Waals surface area contributed by atoms with E-state index in [-0.39, 0.29) is 5.91 Å².